The molecule has 5 aliphatic rings. The molecule has 0 bridgehead atoms. The summed E-state index contributed by atoms with van der Waals surface area (Å²) in [7, 11) is 0. The van der Waals surface area contributed by atoms with Gasteiger partial charge < -0.3 is 10.4 Å². The van der Waals surface area contributed by atoms with Crippen molar-refractivity contribution in [3.05, 3.63) is 11.6 Å². The first-order valence-electron chi connectivity index (χ1n) is 14.0. The van der Waals surface area contributed by atoms with Gasteiger partial charge in [-0.2, -0.15) is 0 Å². The van der Waals surface area contributed by atoms with Crippen molar-refractivity contribution in [2.75, 3.05) is 13.2 Å². The van der Waals surface area contributed by atoms with Crippen molar-refractivity contribution in [1.82, 2.24) is 5.32 Å². The zero-order valence-corrected chi connectivity index (χ0v) is 22.2. The molecule has 3 saturated carbocycles. The van der Waals surface area contributed by atoms with E-state index in [1.54, 1.807) is 5.57 Å². The van der Waals surface area contributed by atoms with Gasteiger partial charge in [-0.15, -0.1) is 0 Å². The number of rotatable bonds is 1. The van der Waals surface area contributed by atoms with Gasteiger partial charge in [0.15, 0.2) is 0 Å². The number of aliphatic hydroxyl groups excluding tert-OH is 1. The SMILES string of the molecule is C[C@H]1[C@H](C)CC[C@]2(CO)CC[C@]3(C)C(=CC[C@@H]4[C@@]5(C)CCCNC(C)(C)[C@@H]5CC[C@]43C)[C@@H]12. The Morgan fingerprint density at radius 1 is 0.938 bits per heavy atom. The van der Waals surface area contributed by atoms with E-state index in [-0.39, 0.29) is 11.0 Å². The van der Waals surface area contributed by atoms with E-state index in [2.05, 4.69) is 59.9 Å². The largest absolute Gasteiger partial charge is 0.396 e. The summed E-state index contributed by atoms with van der Waals surface area (Å²) in [6, 6.07) is 0. The highest BCUT2D eigenvalue weighted by molar-refractivity contribution is 5.34. The maximum absolute atomic E-state index is 10.7. The van der Waals surface area contributed by atoms with Gasteiger partial charge in [0.1, 0.15) is 0 Å². The topological polar surface area (TPSA) is 32.3 Å². The first-order valence-corrected chi connectivity index (χ1v) is 14.0. The third kappa shape index (κ3) is 2.84. The Bertz CT molecular complexity index is 786. The van der Waals surface area contributed by atoms with Crippen molar-refractivity contribution in [1.29, 1.82) is 0 Å². The number of fused-ring (bicyclic) bond motifs is 7. The van der Waals surface area contributed by atoms with Crippen LogP contribution in [0.4, 0.5) is 0 Å². The average molecular weight is 442 g/mol. The molecule has 4 aliphatic carbocycles. The summed E-state index contributed by atoms with van der Waals surface area (Å²) in [5.41, 5.74) is 3.26. The van der Waals surface area contributed by atoms with Gasteiger partial charge in [-0.3, -0.25) is 0 Å². The molecule has 1 aliphatic heterocycles. The zero-order valence-electron chi connectivity index (χ0n) is 22.2. The van der Waals surface area contributed by atoms with Crippen molar-refractivity contribution >= 4 is 0 Å². The number of nitrogens with one attached hydrogen (secondary N) is 1. The molecule has 0 aromatic rings. The highest BCUT2D eigenvalue weighted by atomic mass is 16.3. The average Bonchev–Trinajstić information content (AvgIpc) is 2.86. The maximum atomic E-state index is 10.7. The molecule has 1 saturated heterocycles. The molecule has 2 nitrogen and oxygen atoms in total. The summed E-state index contributed by atoms with van der Waals surface area (Å²) >= 11 is 0. The van der Waals surface area contributed by atoms with E-state index in [4.69, 9.17) is 0 Å². The van der Waals surface area contributed by atoms with E-state index in [1.165, 1.54) is 64.3 Å². The van der Waals surface area contributed by atoms with Crippen molar-refractivity contribution in [2.24, 2.45) is 51.2 Å². The molecular weight excluding hydrogens is 390 g/mol. The monoisotopic (exact) mass is 441 g/mol. The van der Waals surface area contributed by atoms with Gasteiger partial charge in [-0.1, -0.05) is 46.3 Å². The van der Waals surface area contributed by atoms with Crippen molar-refractivity contribution in [3.63, 3.8) is 0 Å². The molecule has 2 N–H and O–H groups in total. The first-order chi connectivity index (χ1) is 15.0. The summed E-state index contributed by atoms with van der Waals surface area (Å²) in [5, 5.41) is 14.6. The van der Waals surface area contributed by atoms with E-state index in [0.29, 0.717) is 34.7 Å². The number of hydrogen-bond donors (Lipinski definition) is 2. The molecule has 9 atom stereocenters. The molecule has 0 spiro atoms. The minimum Gasteiger partial charge on any atom is -0.396 e. The highest BCUT2D eigenvalue weighted by Crippen LogP contribution is 2.74. The van der Waals surface area contributed by atoms with Crippen LogP contribution in [-0.2, 0) is 0 Å². The lowest BCUT2D eigenvalue weighted by molar-refractivity contribution is -0.163. The molecule has 1 heterocycles. The van der Waals surface area contributed by atoms with Gasteiger partial charge >= 0.3 is 0 Å². The van der Waals surface area contributed by atoms with Crippen LogP contribution in [0.15, 0.2) is 11.6 Å². The van der Waals surface area contributed by atoms with Gasteiger partial charge in [-0.05, 0) is 124 Å². The van der Waals surface area contributed by atoms with Gasteiger partial charge in [0.2, 0.25) is 0 Å². The van der Waals surface area contributed by atoms with Gasteiger partial charge in [0.05, 0.1) is 0 Å². The standard InChI is InChI=1S/C30H51NO/c1-20-11-15-30(19-32)17-16-28(6)22(25(30)21(20)2)9-10-24-27(5)13-8-18-31-26(3,4)23(27)12-14-29(24,28)7/h9,20-21,23-25,31-32H,8,10-19H2,1-7H3/t20-,21+,23+,24-,25-,27+,28-,29-,30-/m1/s1. The fourth-order valence-electron chi connectivity index (χ4n) is 10.8. The van der Waals surface area contributed by atoms with Crippen LogP contribution >= 0.6 is 0 Å². The van der Waals surface area contributed by atoms with E-state index in [0.717, 1.165) is 17.8 Å². The van der Waals surface area contributed by atoms with Crippen molar-refractivity contribution < 1.29 is 5.11 Å². The van der Waals surface area contributed by atoms with Crippen molar-refractivity contribution in [2.45, 2.75) is 112 Å². The Hall–Kier alpha value is -0.340. The molecule has 4 fully saturated rings. The van der Waals surface area contributed by atoms with Gasteiger partial charge in [0, 0.05) is 17.6 Å². The molecule has 2 heteroatoms. The van der Waals surface area contributed by atoms with Crippen LogP contribution in [0.5, 0.6) is 0 Å². The lowest BCUT2D eigenvalue weighted by Gasteiger charge is -2.70. The minimum atomic E-state index is 0.149. The van der Waals surface area contributed by atoms with Crippen LogP contribution in [0.2, 0.25) is 0 Å². The Balaban J connectivity index is 1.60. The van der Waals surface area contributed by atoms with Crippen LogP contribution < -0.4 is 5.32 Å². The number of aliphatic hydroxyl groups is 1. The van der Waals surface area contributed by atoms with Crippen LogP contribution in [0.3, 0.4) is 0 Å². The second kappa shape index (κ2) is 7.33. The summed E-state index contributed by atoms with van der Waals surface area (Å²) in [5.74, 6) is 3.60. The van der Waals surface area contributed by atoms with Crippen LogP contribution in [0.1, 0.15) is 106 Å². The molecule has 0 radical (unpaired) electrons. The third-order valence-electron chi connectivity index (χ3n) is 13.1. The fourth-order valence-corrected chi connectivity index (χ4v) is 10.8. The third-order valence-corrected chi connectivity index (χ3v) is 13.1. The number of hydrogen-bond acceptors (Lipinski definition) is 2. The normalized spacial score (nSPS) is 54.9. The summed E-state index contributed by atoms with van der Waals surface area (Å²) in [6.45, 7) is 19.6. The number of allylic oxidation sites excluding steroid dienone is 2. The van der Waals surface area contributed by atoms with Crippen LogP contribution in [-0.4, -0.2) is 23.8 Å². The smallest absolute Gasteiger partial charge is 0.0493 e. The zero-order chi connectivity index (χ0) is 23.2. The maximum Gasteiger partial charge on any atom is 0.0493 e. The lowest BCUT2D eigenvalue weighted by Crippen LogP contribution is -2.64. The highest BCUT2D eigenvalue weighted by Gasteiger charge is 2.67. The molecule has 5 rings (SSSR count). The van der Waals surface area contributed by atoms with E-state index >= 15 is 0 Å². The van der Waals surface area contributed by atoms with E-state index in [9.17, 15) is 5.11 Å². The molecule has 182 valence electrons. The molecule has 0 aromatic carbocycles. The van der Waals surface area contributed by atoms with Gasteiger partial charge in [0.25, 0.3) is 0 Å². The summed E-state index contributed by atoms with van der Waals surface area (Å²) < 4.78 is 0. The molecule has 0 aromatic heterocycles. The quantitative estimate of drug-likeness (QED) is 0.430. The first kappa shape index (κ1) is 23.4. The Morgan fingerprint density at radius 2 is 1.69 bits per heavy atom. The summed E-state index contributed by atoms with van der Waals surface area (Å²) in [4.78, 5) is 0. The van der Waals surface area contributed by atoms with E-state index in [1.807, 2.05) is 0 Å². The van der Waals surface area contributed by atoms with E-state index < -0.39 is 0 Å². The Kier molecular flexibility index (Phi) is 5.36. The molecular formula is C30H51NO. The minimum absolute atomic E-state index is 0.149. The van der Waals surface area contributed by atoms with Crippen molar-refractivity contribution in [3.8, 4) is 0 Å². The predicted molar refractivity (Wildman–Crippen MR) is 134 cm³/mol. The molecule has 32 heavy (non-hydrogen) atoms. The Labute approximate surface area is 198 Å². The second-order valence-electron chi connectivity index (χ2n) is 14.4. The molecule has 0 unspecified atom stereocenters. The fraction of sp³-hybridized carbons (Fsp3) is 0.933. The summed E-state index contributed by atoms with van der Waals surface area (Å²) in [6.07, 6.45) is 14.5. The lowest BCUT2D eigenvalue weighted by atomic mass is 9.35. The second-order valence-corrected chi connectivity index (χ2v) is 14.4. The predicted octanol–water partition coefficient (Wildman–Crippen LogP) is 6.98. The van der Waals surface area contributed by atoms with Crippen LogP contribution in [0.25, 0.3) is 0 Å². The van der Waals surface area contributed by atoms with Gasteiger partial charge in [-0.25, -0.2) is 0 Å². The van der Waals surface area contributed by atoms with Crippen LogP contribution in [0, 0.1) is 51.2 Å². The Morgan fingerprint density at radius 3 is 2.41 bits per heavy atom. The molecule has 0 amide bonds.